The minimum atomic E-state index is -1.38. The lowest BCUT2D eigenvalue weighted by Crippen LogP contribution is -2.49. The predicted octanol–water partition coefficient (Wildman–Crippen LogP) is 4.56. The molecule has 2 heterocycles. The molecule has 0 aliphatic carbocycles. The van der Waals surface area contributed by atoms with Gasteiger partial charge in [0.1, 0.15) is 11.8 Å². The number of fused-ring (bicyclic) bond motifs is 1. The average molecular weight is 588 g/mol. The van der Waals surface area contributed by atoms with Crippen LogP contribution in [0.1, 0.15) is 50.0 Å². The molecule has 4 unspecified atom stereocenters. The van der Waals surface area contributed by atoms with Crippen molar-refractivity contribution in [3.63, 3.8) is 0 Å². The van der Waals surface area contributed by atoms with Crippen molar-refractivity contribution in [1.29, 1.82) is 5.26 Å². The highest BCUT2D eigenvalue weighted by molar-refractivity contribution is 6.02. The molecule has 3 aromatic rings. The van der Waals surface area contributed by atoms with Gasteiger partial charge in [-0.15, -0.1) is 0 Å². The molecule has 2 aromatic carbocycles. The zero-order valence-corrected chi connectivity index (χ0v) is 24.5. The van der Waals surface area contributed by atoms with Crippen LogP contribution in [0.15, 0.2) is 54.6 Å². The van der Waals surface area contributed by atoms with Gasteiger partial charge in [-0.05, 0) is 55.5 Å². The highest BCUT2D eigenvalue weighted by atomic mass is 16.6. The number of nitriles is 1. The smallest absolute Gasteiger partial charge is 0.413 e. The number of aromatic nitrogens is 1. The maximum Gasteiger partial charge on any atom is 0.413 e. The van der Waals surface area contributed by atoms with Gasteiger partial charge in [0.05, 0.1) is 18.8 Å². The van der Waals surface area contributed by atoms with Gasteiger partial charge in [0.15, 0.2) is 5.78 Å². The first kappa shape index (κ1) is 31.1. The van der Waals surface area contributed by atoms with Crippen molar-refractivity contribution in [2.24, 2.45) is 17.8 Å². The van der Waals surface area contributed by atoms with Gasteiger partial charge in [-0.25, -0.2) is 4.79 Å². The van der Waals surface area contributed by atoms with E-state index in [0.717, 1.165) is 10.9 Å². The van der Waals surface area contributed by atoms with E-state index in [1.165, 1.54) is 0 Å². The normalized spacial score (nSPS) is 16.5. The molecular weight excluding hydrogens is 550 g/mol. The summed E-state index contributed by atoms with van der Waals surface area (Å²) in [5.41, 5.74) is 1.58. The number of aromatic amines is 1. The number of amides is 3. The molecular formula is C32H37N5O6. The molecule has 1 aliphatic rings. The fourth-order valence-electron chi connectivity index (χ4n) is 5.36. The van der Waals surface area contributed by atoms with Crippen LogP contribution in [-0.2, 0) is 14.3 Å². The van der Waals surface area contributed by atoms with E-state index in [1.807, 2.05) is 32.0 Å². The molecule has 11 heteroatoms. The first-order valence-electron chi connectivity index (χ1n) is 14.4. The van der Waals surface area contributed by atoms with Gasteiger partial charge in [0.2, 0.25) is 17.9 Å². The largest absolute Gasteiger partial charge is 0.496 e. The second-order valence-electron chi connectivity index (χ2n) is 11.1. The molecule has 0 bridgehead atoms. The molecule has 1 aromatic heterocycles. The maximum atomic E-state index is 13.7. The van der Waals surface area contributed by atoms with Crippen LogP contribution >= 0.6 is 0 Å². The minimum absolute atomic E-state index is 0.0810. The molecule has 4 atom stereocenters. The Morgan fingerprint density at radius 3 is 2.53 bits per heavy atom. The Balaban J connectivity index is 1.52. The van der Waals surface area contributed by atoms with E-state index >= 15 is 0 Å². The summed E-state index contributed by atoms with van der Waals surface area (Å²) < 4.78 is 10.8. The van der Waals surface area contributed by atoms with Crippen LogP contribution in [0.4, 0.5) is 10.5 Å². The molecule has 3 amide bonds. The fraction of sp³-hybridized carbons (Fsp3) is 0.406. The summed E-state index contributed by atoms with van der Waals surface area (Å²) in [6.07, 6.45) is -1.29. The number of anilines is 1. The van der Waals surface area contributed by atoms with E-state index in [1.54, 1.807) is 49.6 Å². The Kier molecular flexibility index (Phi) is 10.4. The molecule has 0 spiro atoms. The van der Waals surface area contributed by atoms with Gasteiger partial charge in [0, 0.05) is 41.4 Å². The van der Waals surface area contributed by atoms with Crippen molar-refractivity contribution in [3.05, 3.63) is 60.3 Å². The number of benzene rings is 2. The lowest BCUT2D eigenvalue weighted by molar-refractivity contribution is -0.128. The quantitative estimate of drug-likeness (QED) is 0.213. The first-order chi connectivity index (χ1) is 20.7. The van der Waals surface area contributed by atoms with Crippen LogP contribution in [0.2, 0.25) is 0 Å². The highest BCUT2D eigenvalue weighted by Gasteiger charge is 2.36. The summed E-state index contributed by atoms with van der Waals surface area (Å²) in [5, 5.41) is 18.9. The second-order valence-corrected chi connectivity index (χ2v) is 11.1. The topological polar surface area (TPSA) is 162 Å². The minimum Gasteiger partial charge on any atom is -0.496 e. The lowest BCUT2D eigenvalue weighted by Gasteiger charge is -2.27. The number of Topliss-reactive ketones (excluding diaryl/α,β-unsaturated/α-hetero) is 1. The summed E-state index contributed by atoms with van der Waals surface area (Å²) in [4.78, 5) is 55.3. The third-order valence-electron chi connectivity index (χ3n) is 7.48. The molecule has 4 N–H and O–H groups in total. The van der Waals surface area contributed by atoms with Gasteiger partial charge < -0.3 is 25.1 Å². The Morgan fingerprint density at radius 1 is 1.12 bits per heavy atom. The molecule has 43 heavy (non-hydrogen) atoms. The molecule has 11 nitrogen and oxygen atoms in total. The number of ether oxygens (including phenoxy) is 2. The molecule has 0 saturated carbocycles. The van der Waals surface area contributed by atoms with Gasteiger partial charge in [0.25, 0.3) is 0 Å². The summed E-state index contributed by atoms with van der Waals surface area (Å²) in [6.45, 7) is 4.39. The zero-order chi connectivity index (χ0) is 30.9. The number of para-hydroxylation sites is 1. The zero-order valence-electron chi connectivity index (χ0n) is 24.5. The summed E-state index contributed by atoms with van der Waals surface area (Å²) in [6, 6.07) is 16.8. The van der Waals surface area contributed by atoms with Crippen molar-refractivity contribution < 1.29 is 28.7 Å². The molecule has 4 rings (SSSR count). The lowest BCUT2D eigenvalue weighted by atomic mass is 9.89. The summed E-state index contributed by atoms with van der Waals surface area (Å²) >= 11 is 0. The van der Waals surface area contributed by atoms with Crippen LogP contribution in [0.5, 0.6) is 5.75 Å². The first-order valence-corrected chi connectivity index (χ1v) is 14.4. The van der Waals surface area contributed by atoms with Crippen molar-refractivity contribution >= 4 is 40.3 Å². The number of carbonyl (C=O) groups excluding carboxylic acids is 4. The molecule has 1 fully saturated rings. The van der Waals surface area contributed by atoms with E-state index in [2.05, 4.69) is 20.9 Å². The number of methoxy groups -OCH3 is 1. The predicted molar refractivity (Wildman–Crippen MR) is 160 cm³/mol. The average Bonchev–Trinajstić information content (AvgIpc) is 3.61. The number of carbonyl (C=O) groups is 4. The van der Waals surface area contributed by atoms with Crippen LogP contribution in [0, 0.1) is 29.1 Å². The van der Waals surface area contributed by atoms with Gasteiger partial charge in [-0.3, -0.25) is 19.7 Å². The van der Waals surface area contributed by atoms with Crippen molar-refractivity contribution in [1.82, 2.24) is 15.6 Å². The SMILES string of the molecule is COc1cccc2[nH]c(C(=O)CC(CC(C)C)C(=O)NC(CC3CCNC3=O)C(C#N)OC(=O)Nc3ccccc3)cc12. The number of hydrogen-bond acceptors (Lipinski definition) is 7. The summed E-state index contributed by atoms with van der Waals surface area (Å²) in [5.74, 6) is -1.36. The Hall–Kier alpha value is -4.85. The van der Waals surface area contributed by atoms with E-state index in [-0.39, 0.29) is 30.4 Å². The Labute approximate surface area is 250 Å². The van der Waals surface area contributed by atoms with Gasteiger partial charge in [-0.1, -0.05) is 38.1 Å². The fourth-order valence-corrected chi connectivity index (χ4v) is 5.36. The van der Waals surface area contributed by atoms with Crippen molar-refractivity contribution in [2.75, 3.05) is 19.0 Å². The van der Waals surface area contributed by atoms with Gasteiger partial charge >= 0.3 is 6.09 Å². The number of rotatable bonds is 13. The van der Waals surface area contributed by atoms with E-state index in [9.17, 15) is 24.4 Å². The third-order valence-corrected chi connectivity index (χ3v) is 7.48. The van der Waals surface area contributed by atoms with Crippen molar-refractivity contribution in [2.45, 2.75) is 51.7 Å². The molecule has 1 saturated heterocycles. The highest BCUT2D eigenvalue weighted by Crippen LogP contribution is 2.28. The van der Waals surface area contributed by atoms with Crippen LogP contribution in [0.25, 0.3) is 10.9 Å². The van der Waals surface area contributed by atoms with E-state index < -0.39 is 36.0 Å². The van der Waals surface area contributed by atoms with Crippen LogP contribution in [0.3, 0.4) is 0 Å². The van der Waals surface area contributed by atoms with E-state index in [0.29, 0.717) is 36.5 Å². The number of nitrogens with one attached hydrogen (secondary N) is 4. The molecule has 1 aliphatic heterocycles. The molecule has 0 radical (unpaired) electrons. The number of nitrogens with zero attached hydrogens (tertiary/aromatic N) is 1. The number of ketones is 1. The standard InChI is InChI=1S/C32H37N5O6/c1-19(2)14-21(16-27(38)25-17-23-24(36-25)10-7-11-28(23)42-3)31(40)37-26(15-20-12-13-34-30(20)39)29(18-33)43-32(41)35-22-8-5-4-6-9-22/h4-11,17,19-21,26,29,36H,12-16H2,1-3H3,(H,34,39)(H,35,41)(H,37,40). The second kappa shape index (κ2) is 14.4. The molecule has 226 valence electrons. The third kappa shape index (κ3) is 8.13. The maximum absolute atomic E-state index is 13.7. The Morgan fingerprint density at radius 2 is 1.88 bits per heavy atom. The van der Waals surface area contributed by atoms with E-state index in [4.69, 9.17) is 9.47 Å². The van der Waals surface area contributed by atoms with Crippen LogP contribution < -0.4 is 20.7 Å². The van der Waals surface area contributed by atoms with Crippen LogP contribution in [-0.4, -0.2) is 54.5 Å². The van der Waals surface area contributed by atoms with Gasteiger partial charge in [-0.2, -0.15) is 5.26 Å². The number of hydrogen-bond donors (Lipinski definition) is 4. The van der Waals surface area contributed by atoms with Crippen molar-refractivity contribution in [3.8, 4) is 11.8 Å². The summed E-state index contributed by atoms with van der Waals surface area (Å²) in [7, 11) is 1.56. The number of H-pyrrole nitrogens is 1. The Bertz CT molecular complexity index is 1490. The monoisotopic (exact) mass is 587 g/mol.